The van der Waals surface area contributed by atoms with E-state index < -0.39 is 41.7 Å². The summed E-state index contributed by atoms with van der Waals surface area (Å²) in [5, 5.41) is 11.9. The Labute approximate surface area is 343 Å². The first kappa shape index (κ1) is 42.1. The zero-order valence-corrected chi connectivity index (χ0v) is 33.8. The molecule has 0 radical (unpaired) electrons. The Morgan fingerprint density at radius 2 is 1.44 bits per heavy atom. The summed E-state index contributed by atoms with van der Waals surface area (Å²) in [6.45, 7) is 7.44. The number of aromatic nitrogens is 1. The van der Waals surface area contributed by atoms with Crippen molar-refractivity contribution in [3.8, 4) is 11.1 Å². The predicted molar refractivity (Wildman–Crippen MR) is 226 cm³/mol. The van der Waals surface area contributed by atoms with Crippen LogP contribution < -0.4 is 26.8 Å². The van der Waals surface area contributed by atoms with Crippen molar-refractivity contribution in [2.75, 3.05) is 25.1 Å². The number of alkyl carbamates (subject to hydrolysis) is 2. The molecule has 0 bridgehead atoms. The minimum absolute atomic E-state index is 0.0397. The van der Waals surface area contributed by atoms with Gasteiger partial charge in [0, 0.05) is 29.6 Å². The number of aromatic amines is 1. The second-order valence-corrected chi connectivity index (χ2v) is 15.6. The molecule has 5 aromatic rings. The van der Waals surface area contributed by atoms with Crippen molar-refractivity contribution in [1.82, 2.24) is 20.9 Å². The van der Waals surface area contributed by atoms with Crippen molar-refractivity contribution < 1.29 is 33.4 Å². The molecule has 0 aliphatic heterocycles. The predicted octanol–water partition coefficient (Wildman–Crippen LogP) is 7.08. The average molecular weight is 802 g/mol. The van der Waals surface area contributed by atoms with Crippen molar-refractivity contribution in [3.63, 3.8) is 0 Å². The van der Waals surface area contributed by atoms with E-state index in [4.69, 9.17) is 14.2 Å². The normalized spacial score (nSPS) is 13.1. The lowest BCUT2D eigenvalue weighted by Gasteiger charge is -2.24. The van der Waals surface area contributed by atoms with Gasteiger partial charge in [0.05, 0.1) is 18.7 Å². The van der Waals surface area contributed by atoms with Crippen LogP contribution in [-0.2, 0) is 30.4 Å². The molecule has 0 saturated carbocycles. The van der Waals surface area contributed by atoms with Gasteiger partial charge in [-0.1, -0.05) is 84.9 Å². The molecule has 0 spiro atoms. The number of nitrogens with one attached hydrogen (secondary N) is 5. The summed E-state index contributed by atoms with van der Waals surface area (Å²) in [7, 11) is 0. The number of hydrogen-bond donors (Lipinski definition) is 5. The Hall–Kier alpha value is -6.47. The van der Waals surface area contributed by atoms with Crippen LogP contribution >= 0.6 is 0 Å². The summed E-state index contributed by atoms with van der Waals surface area (Å²) in [5.74, 6) is -1.36. The number of amides is 4. The molecule has 2 atom stereocenters. The fourth-order valence-electron chi connectivity index (χ4n) is 7.10. The minimum Gasteiger partial charge on any atom is -0.449 e. The minimum atomic E-state index is -1.23. The van der Waals surface area contributed by atoms with Crippen molar-refractivity contribution >= 4 is 40.6 Å². The highest BCUT2D eigenvalue weighted by atomic mass is 16.6. The molecular weight excluding hydrogens is 751 g/mol. The Morgan fingerprint density at radius 1 is 0.763 bits per heavy atom. The maximum Gasteiger partial charge on any atom is 0.407 e. The van der Waals surface area contributed by atoms with E-state index in [2.05, 4.69) is 26.3 Å². The molecule has 4 amide bonds. The van der Waals surface area contributed by atoms with Gasteiger partial charge in [-0.3, -0.25) is 14.4 Å². The molecule has 1 aromatic heterocycles. The van der Waals surface area contributed by atoms with Gasteiger partial charge in [-0.15, -0.1) is 0 Å². The first-order valence-electron chi connectivity index (χ1n) is 19.8. The van der Waals surface area contributed by atoms with Crippen molar-refractivity contribution in [3.05, 3.63) is 136 Å². The van der Waals surface area contributed by atoms with Crippen LogP contribution in [0.15, 0.2) is 108 Å². The highest BCUT2D eigenvalue weighted by Gasteiger charge is 2.31. The standard InChI is InChI=1S/C46H51N5O8/c1-29-24-41(52)49-39-25-31(21-22-32(29)39)48-42(53)38(20-12-13-23-47-44(55)59-46(2,3)4)50-43(54)40(28-57-26-30-14-6-5-7-15-30)51-45(56)58-27-37-35-18-10-8-16-33(35)34-17-9-11-19-36(34)37/h5-11,14-19,21-22,24-25,37-38,40H,12-13,20,23,26-28H2,1-4H3,(H,47,55)(H,48,53)(H,49,52)(H,50,54)(H,51,56)/t38-,40-/m0/s1. The number of benzene rings is 4. The summed E-state index contributed by atoms with van der Waals surface area (Å²) in [6.07, 6.45) is -0.253. The van der Waals surface area contributed by atoms with Crippen molar-refractivity contribution in [2.45, 2.75) is 77.2 Å². The van der Waals surface area contributed by atoms with Crippen LogP contribution in [0.5, 0.6) is 0 Å². The summed E-state index contributed by atoms with van der Waals surface area (Å²) < 4.78 is 17.0. The number of hydrogen-bond acceptors (Lipinski definition) is 8. The fourth-order valence-corrected chi connectivity index (χ4v) is 7.10. The van der Waals surface area contributed by atoms with Crippen molar-refractivity contribution in [2.24, 2.45) is 0 Å². The summed E-state index contributed by atoms with van der Waals surface area (Å²) in [5.41, 5.74) is 5.96. The third-order valence-corrected chi connectivity index (χ3v) is 9.89. The first-order valence-corrected chi connectivity index (χ1v) is 19.8. The van der Waals surface area contributed by atoms with Crippen LogP contribution in [0, 0.1) is 6.92 Å². The molecule has 1 heterocycles. The van der Waals surface area contributed by atoms with Gasteiger partial charge < -0.3 is 40.5 Å². The van der Waals surface area contributed by atoms with Gasteiger partial charge >= 0.3 is 12.2 Å². The Morgan fingerprint density at radius 3 is 2.14 bits per heavy atom. The number of anilines is 1. The van der Waals surface area contributed by atoms with Crippen LogP contribution in [0.25, 0.3) is 22.0 Å². The second-order valence-electron chi connectivity index (χ2n) is 15.6. The number of aryl methyl sites for hydroxylation is 1. The van der Waals surface area contributed by atoms with Gasteiger partial charge in [-0.2, -0.15) is 0 Å². The molecule has 6 rings (SSSR count). The number of fused-ring (bicyclic) bond motifs is 4. The molecule has 13 nitrogen and oxygen atoms in total. The molecule has 59 heavy (non-hydrogen) atoms. The SMILES string of the molecule is Cc1cc(=O)[nH]c2cc(NC(=O)[C@H](CCCCNC(=O)OC(C)(C)C)NC(=O)[C@H](COCc3ccccc3)NC(=O)OCC3c4ccccc4-c4ccccc43)ccc12. The molecule has 1 aliphatic rings. The quantitative estimate of drug-likeness (QED) is 0.0658. The Balaban J connectivity index is 1.15. The number of ether oxygens (including phenoxy) is 3. The number of rotatable bonds is 16. The molecule has 5 N–H and O–H groups in total. The maximum atomic E-state index is 14.1. The van der Waals surface area contributed by atoms with E-state index in [1.807, 2.05) is 85.8 Å². The van der Waals surface area contributed by atoms with Gasteiger partial charge in [0.25, 0.3) is 0 Å². The molecule has 0 fully saturated rings. The van der Waals surface area contributed by atoms with E-state index in [9.17, 15) is 24.0 Å². The van der Waals surface area contributed by atoms with Crippen LogP contribution in [0.3, 0.4) is 0 Å². The third kappa shape index (κ3) is 11.6. The summed E-state index contributed by atoms with van der Waals surface area (Å²) in [4.78, 5) is 68.6. The fraction of sp³-hybridized carbons (Fsp3) is 0.326. The molecular formula is C46H51N5O8. The van der Waals surface area contributed by atoms with Gasteiger partial charge in [0.1, 0.15) is 24.3 Å². The molecule has 13 heteroatoms. The zero-order chi connectivity index (χ0) is 41.9. The largest absolute Gasteiger partial charge is 0.449 e. The highest BCUT2D eigenvalue weighted by Crippen LogP contribution is 2.44. The zero-order valence-electron chi connectivity index (χ0n) is 33.8. The number of pyridine rings is 1. The lowest BCUT2D eigenvalue weighted by molar-refractivity contribution is -0.129. The molecule has 4 aromatic carbocycles. The Bertz CT molecular complexity index is 2290. The van der Waals surface area contributed by atoms with Gasteiger partial charge in [0.15, 0.2) is 0 Å². The van der Waals surface area contributed by atoms with Gasteiger partial charge in [-0.25, -0.2) is 9.59 Å². The van der Waals surface area contributed by atoms with Gasteiger partial charge in [0.2, 0.25) is 17.4 Å². The van der Waals surface area contributed by atoms with E-state index >= 15 is 0 Å². The van der Waals surface area contributed by atoms with E-state index in [1.165, 1.54) is 6.07 Å². The second kappa shape index (κ2) is 19.3. The number of carbonyl (C=O) groups excluding carboxylic acids is 4. The molecule has 0 unspecified atom stereocenters. The topological polar surface area (TPSA) is 177 Å². The van der Waals surface area contributed by atoms with Crippen LogP contribution in [-0.4, -0.2) is 66.4 Å². The number of unbranched alkanes of at least 4 members (excludes halogenated alkanes) is 1. The van der Waals surface area contributed by atoms with E-state index in [-0.39, 0.29) is 44.3 Å². The lowest BCUT2D eigenvalue weighted by atomic mass is 9.98. The van der Waals surface area contributed by atoms with Crippen LogP contribution in [0.1, 0.15) is 68.2 Å². The van der Waals surface area contributed by atoms with Crippen molar-refractivity contribution in [1.29, 1.82) is 0 Å². The number of carbonyl (C=O) groups is 4. The van der Waals surface area contributed by atoms with E-state index in [1.54, 1.807) is 39.0 Å². The van der Waals surface area contributed by atoms with Crippen LogP contribution in [0.4, 0.5) is 15.3 Å². The van der Waals surface area contributed by atoms with Crippen LogP contribution in [0.2, 0.25) is 0 Å². The summed E-state index contributed by atoms with van der Waals surface area (Å²) in [6, 6.07) is 29.8. The average Bonchev–Trinajstić information content (AvgIpc) is 3.52. The molecule has 0 saturated heterocycles. The summed E-state index contributed by atoms with van der Waals surface area (Å²) >= 11 is 0. The van der Waals surface area contributed by atoms with E-state index in [0.717, 1.165) is 38.8 Å². The Kier molecular flexibility index (Phi) is 13.8. The number of H-pyrrole nitrogens is 1. The lowest BCUT2D eigenvalue weighted by Crippen LogP contribution is -2.54. The smallest absolute Gasteiger partial charge is 0.407 e. The highest BCUT2D eigenvalue weighted by molar-refractivity contribution is 5.99. The maximum absolute atomic E-state index is 14.1. The van der Waals surface area contributed by atoms with Gasteiger partial charge in [-0.05, 0) is 92.5 Å². The third-order valence-electron chi connectivity index (χ3n) is 9.89. The molecule has 308 valence electrons. The molecule has 1 aliphatic carbocycles. The van der Waals surface area contributed by atoms with E-state index in [0.29, 0.717) is 24.0 Å². The monoisotopic (exact) mass is 801 g/mol. The first-order chi connectivity index (χ1) is 28.3.